The molecule has 0 aliphatic carbocycles. The Labute approximate surface area is 180 Å². The lowest BCUT2D eigenvalue weighted by Crippen LogP contribution is -2.38. The van der Waals surface area contributed by atoms with Gasteiger partial charge in [-0.2, -0.15) is 8.78 Å². The van der Waals surface area contributed by atoms with E-state index in [1.54, 1.807) is 12.1 Å². The molecule has 0 bridgehead atoms. The number of aromatic nitrogens is 1. The Morgan fingerprint density at radius 1 is 1.16 bits per heavy atom. The van der Waals surface area contributed by atoms with Crippen molar-refractivity contribution < 1.29 is 18.6 Å². The van der Waals surface area contributed by atoms with Crippen molar-refractivity contribution >= 4 is 16.9 Å². The second kappa shape index (κ2) is 10.8. The molecular formula is C23H28F2N4O2. The molecule has 0 radical (unpaired) electrons. The third-order valence-corrected chi connectivity index (χ3v) is 4.94. The molecule has 31 heavy (non-hydrogen) atoms. The van der Waals surface area contributed by atoms with Gasteiger partial charge >= 0.3 is 6.61 Å². The average molecular weight is 430 g/mol. The molecule has 4 N–H and O–H groups in total. The molecule has 166 valence electrons. The minimum Gasteiger partial charge on any atom is -0.435 e. The maximum atomic E-state index is 12.2. The summed E-state index contributed by atoms with van der Waals surface area (Å²) in [6.07, 6.45) is 2.00. The fourth-order valence-electron chi connectivity index (χ4n) is 3.46. The van der Waals surface area contributed by atoms with Gasteiger partial charge in [0.15, 0.2) is 5.96 Å². The molecule has 0 saturated heterocycles. The monoisotopic (exact) mass is 430 g/mol. The number of fused-ring (bicyclic) bond motifs is 1. The zero-order chi connectivity index (χ0) is 22.2. The number of hydrogen-bond donors (Lipinski definition) is 4. The van der Waals surface area contributed by atoms with Gasteiger partial charge in [-0.25, -0.2) is 0 Å². The summed E-state index contributed by atoms with van der Waals surface area (Å²) >= 11 is 0. The van der Waals surface area contributed by atoms with Gasteiger partial charge in [-0.1, -0.05) is 24.3 Å². The number of ether oxygens (including phenoxy) is 1. The second-order valence-electron chi connectivity index (χ2n) is 7.17. The number of aliphatic imine (C=N–C) groups is 1. The number of nitrogens with zero attached hydrogens (tertiary/aromatic N) is 1. The predicted octanol–water partition coefficient (Wildman–Crippen LogP) is 3.91. The van der Waals surface area contributed by atoms with Gasteiger partial charge in [0.1, 0.15) is 5.75 Å². The van der Waals surface area contributed by atoms with Gasteiger partial charge in [-0.3, -0.25) is 4.99 Å². The minimum atomic E-state index is -2.87. The molecule has 1 heterocycles. The molecule has 0 spiro atoms. The van der Waals surface area contributed by atoms with E-state index < -0.39 is 12.7 Å². The van der Waals surface area contributed by atoms with Gasteiger partial charge < -0.3 is 25.5 Å². The molecule has 1 atom stereocenters. The number of aliphatic hydroxyl groups is 1. The van der Waals surface area contributed by atoms with Crippen LogP contribution < -0.4 is 15.4 Å². The van der Waals surface area contributed by atoms with E-state index in [2.05, 4.69) is 44.4 Å². The molecule has 1 aromatic heterocycles. The summed E-state index contributed by atoms with van der Waals surface area (Å²) in [5.74, 6) is 0.660. The third-order valence-electron chi connectivity index (χ3n) is 4.94. The van der Waals surface area contributed by atoms with Crippen molar-refractivity contribution in [3.63, 3.8) is 0 Å². The summed E-state index contributed by atoms with van der Waals surface area (Å²) in [6.45, 7) is 2.71. The van der Waals surface area contributed by atoms with E-state index in [9.17, 15) is 13.9 Å². The second-order valence-corrected chi connectivity index (χ2v) is 7.17. The number of H-pyrrole nitrogens is 1. The predicted molar refractivity (Wildman–Crippen MR) is 119 cm³/mol. The van der Waals surface area contributed by atoms with E-state index in [4.69, 9.17) is 0 Å². The van der Waals surface area contributed by atoms with Crippen LogP contribution in [0.4, 0.5) is 8.78 Å². The number of alkyl halides is 2. The summed E-state index contributed by atoms with van der Waals surface area (Å²) in [4.78, 5) is 7.75. The van der Waals surface area contributed by atoms with Crippen LogP contribution in [0.2, 0.25) is 0 Å². The highest BCUT2D eigenvalue weighted by molar-refractivity contribution is 5.86. The fraction of sp³-hybridized carbons (Fsp3) is 0.348. The van der Waals surface area contributed by atoms with Crippen LogP contribution in [0.15, 0.2) is 53.7 Å². The molecule has 0 amide bonds. The molecule has 1 unspecified atom stereocenters. The van der Waals surface area contributed by atoms with Crippen molar-refractivity contribution in [1.29, 1.82) is 0 Å². The molecule has 0 aliphatic heterocycles. The number of aliphatic hydroxyl groups excluding tert-OH is 1. The Morgan fingerprint density at radius 3 is 2.65 bits per heavy atom. The highest BCUT2D eigenvalue weighted by Crippen LogP contribution is 2.22. The Bertz CT molecular complexity index is 1000. The van der Waals surface area contributed by atoms with Crippen LogP contribution in [0.25, 0.3) is 10.9 Å². The Hall–Kier alpha value is -3.13. The van der Waals surface area contributed by atoms with Crippen LogP contribution in [-0.4, -0.2) is 42.3 Å². The summed E-state index contributed by atoms with van der Waals surface area (Å²) in [5, 5.41) is 18.1. The summed E-state index contributed by atoms with van der Waals surface area (Å²) in [6, 6.07) is 12.1. The van der Waals surface area contributed by atoms with Gasteiger partial charge in [-0.05, 0) is 55.2 Å². The number of aromatic amines is 1. The van der Waals surface area contributed by atoms with Gasteiger partial charge in [0.2, 0.25) is 0 Å². The van der Waals surface area contributed by atoms with E-state index in [1.807, 2.05) is 19.2 Å². The van der Waals surface area contributed by atoms with E-state index >= 15 is 0 Å². The minimum absolute atomic E-state index is 0.0528. The van der Waals surface area contributed by atoms with Crippen molar-refractivity contribution in [2.45, 2.75) is 33.0 Å². The van der Waals surface area contributed by atoms with Crippen LogP contribution in [0.5, 0.6) is 5.75 Å². The van der Waals surface area contributed by atoms with Crippen LogP contribution in [-0.2, 0) is 6.42 Å². The van der Waals surface area contributed by atoms with Gasteiger partial charge in [0.25, 0.3) is 0 Å². The van der Waals surface area contributed by atoms with Crippen molar-refractivity contribution in [3.05, 3.63) is 65.4 Å². The van der Waals surface area contributed by atoms with Crippen molar-refractivity contribution in [3.8, 4) is 5.75 Å². The van der Waals surface area contributed by atoms with Gasteiger partial charge in [0, 0.05) is 30.2 Å². The highest BCUT2D eigenvalue weighted by Gasteiger charge is 2.10. The molecule has 3 rings (SSSR count). The third kappa shape index (κ3) is 6.18. The molecule has 3 aromatic rings. The summed E-state index contributed by atoms with van der Waals surface area (Å²) in [7, 11) is 0. The quantitative estimate of drug-likeness (QED) is 0.307. The van der Waals surface area contributed by atoms with E-state index in [-0.39, 0.29) is 12.3 Å². The van der Waals surface area contributed by atoms with Crippen LogP contribution >= 0.6 is 0 Å². The van der Waals surface area contributed by atoms with E-state index in [0.29, 0.717) is 24.6 Å². The first-order valence-corrected chi connectivity index (χ1v) is 10.3. The number of benzene rings is 2. The molecule has 2 aromatic carbocycles. The Morgan fingerprint density at radius 2 is 1.94 bits per heavy atom. The lowest BCUT2D eigenvalue weighted by Gasteiger charge is -2.14. The average Bonchev–Trinajstić information content (AvgIpc) is 3.16. The number of hydrogen-bond acceptors (Lipinski definition) is 3. The number of rotatable bonds is 9. The molecule has 6 nitrogen and oxygen atoms in total. The number of halogens is 2. The number of aryl methyl sites for hydroxylation is 1. The standard InChI is InChI=1S/C23H28F2N4O2/c1-3-26-23(27-12-11-17-13-28-19-6-4-5-15(2)21(17)19)29-14-20(30)16-7-9-18(10-8-16)31-22(24)25/h4-10,13,20,22,28,30H,3,11-12,14H2,1-2H3,(H2,26,27,29). The van der Waals surface area contributed by atoms with Gasteiger partial charge in [-0.15, -0.1) is 0 Å². The zero-order valence-corrected chi connectivity index (χ0v) is 17.7. The van der Waals surface area contributed by atoms with E-state index in [0.717, 1.165) is 11.9 Å². The largest absolute Gasteiger partial charge is 0.435 e. The van der Waals surface area contributed by atoms with E-state index in [1.165, 1.54) is 28.6 Å². The summed E-state index contributed by atoms with van der Waals surface area (Å²) < 4.78 is 28.8. The normalized spacial score (nSPS) is 12.9. The zero-order valence-electron chi connectivity index (χ0n) is 17.7. The topological polar surface area (TPSA) is 81.7 Å². The lowest BCUT2D eigenvalue weighted by molar-refractivity contribution is -0.0498. The van der Waals surface area contributed by atoms with Crippen LogP contribution in [0.1, 0.15) is 29.7 Å². The Kier molecular flexibility index (Phi) is 7.83. The van der Waals surface area contributed by atoms with Crippen LogP contribution in [0.3, 0.4) is 0 Å². The molecule has 0 aliphatic rings. The van der Waals surface area contributed by atoms with Crippen molar-refractivity contribution in [1.82, 2.24) is 15.6 Å². The smallest absolute Gasteiger partial charge is 0.387 e. The van der Waals surface area contributed by atoms with Crippen LogP contribution in [0, 0.1) is 6.92 Å². The summed E-state index contributed by atoms with van der Waals surface area (Å²) in [5.41, 5.74) is 4.18. The highest BCUT2D eigenvalue weighted by atomic mass is 19.3. The van der Waals surface area contributed by atoms with Gasteiger partial charge in [0.05, 0.1) is 12.6 Å². The molecular weight excluding hydrogens is 402 g/mol. The lowest BCUT2D eigenvalue weighted by atomic mass is 10.1. The molecule has 0 fully saturated rings. The first-order chi connectivity index (χ1) is 15.0. The number of nitrogens with one attached hydrogen (secondary N) is 3. The molecule has 0 saturated carbocycles. The first-order valence-electron chi connectivity index (χ1n) is 10.3. The first kappa shape index (κ1) is 22.6. The Balaban J connectivity index is 1.56. The SMILES string of the molecule is CCNC(=NCC(O)c1ccc(OC(F)F)cc1)NCCc1c[nH]c2cccc(C)c12. The number of guanidine groups is 1. The maximum Gasteiger partial charge on any atom is 0.387 e. The molecule has 8 heteroatoms. The van der Waals surface area contributed by atoms with Crippen molar-refractivity contribution in [2.75, 3.05) is 19.6 Å². The fourth-order valence-corrected chi connectivity index (χ4v) is 3.46. The van der Waals surface area contributed by atoms with Crippen molar-refractivity contribution in [2.24, 2.45) is 4.99 Å². The maximum absolute atomic E-state index is 12.2.